The third kappa shape index (κ3) is 8.45. The Kier molecular flexibility index (Phi) is 9.28. The summed E-state index contributed by atoms with van der Waals surface area (Å²) in [5, 5.41) is 3.49. The lowest BCUT2D eigenvalue weighted by molar-refractivity contribution is 0.0283. The highest BCUT2D eigenvalue weighted by Gasteiger charge is 2.22. The summed E-state index contributed by atoms with van der Waals surface area (Å²) in [6.07, 6.45) is -0.515. The van der Waals surface area contributed by atoms with Crippen molar-refractivity contribution >= 4 is 5.97 Å². The monoisotopic (exact) mass is 537 g/mol. The van der Waals surface area contributed by atoms with Crippen molar-refractivity contribution < 1.29 is 19.0 Å². The molecule has 0 bridgehead atoms. The van der Waals surface area contributed by atoms with E-state index in [4.69, 9.17) is 14.2 Å². The van der Waals surface area contributed by atoms with Crippen LogP contribution in [-0.2, 0) is 11.3 Å². The Morgan fingerprint density at radius 1 is 0.775 bits per heavy atom. The molecular weight excluding hydrogens is 498 g/mol. The van der Waals surface area contributed by atoms with Crippen molar-refractivity contribution in [1.82, 2.24) is 5.32 Å². The second kappa shape index (κ2) is 12.8. The fourth-order valence-electron chi connectivity index (χ4n) is 4.13. The van der Waals surface area contributed by atoms with Gasteiger partial charge in [-0.25, -0.2) is 4.79 Å². The van der Waals surface area contributed by atoms with Crippen LogP contribution in [-0.4, -0.2) is 18.1 Å². The molecule has 5 nitrogen and oxygen atoms in total. The Hall–Kier alpha value is -4.09. The Bertz CT molecular complexity index is 1420. The van der Waals surface area contributed by atoms with Crippen molar-refractivity contribution in [3.05, 3.63) is 124 Å². The third-order valence-electron chi connectivity index (χ3n) is 6.44. The van der Waals surface area contributed by atoms with Crippen molar-refractivity contribution in [1.29, 1.82) is 0 Å². The molecule has 0 spiro atoms. The molecule has 40 heavy (non-hydrogen) atoms. The molecule has 0 aliphatic rings. The zero-order chi connectivity index (χ0) is 28.7. The molecule has 0 saturated heterocycles. The van der Waals surface area contributed by atoms with Gasteiger partial charge in [-0.05, 0) is 101 Å². The molecular formula is C35H39NO4. The molecule has 1 N–H and O–H groups in total. The van der Waals surface area contributed by atoms with E-state index in [2.05, 4.69) is 26.1 Å². The standard InChI is InChI=1S/C35H39NO4/c1-24-10-14-27(15-11-24)34(37)40-33(22-36-35(4,5)6)28-16-19-32(39-31-9-7-8-26(3)20-31)29(21-28)23-38-30-17-12-25(2)13-18-30/h7-21,33,36H,22-23H2,1-6H3. The van der Waals surface area contributed by atoms with E-state index in [1.807, 2.05) is 99.6 Å². The molecule has 0 aliphatic carbocycles. The molecule has 4 aromatic rings. The summed E-state index contributed by atoms with van der Waals surface area (Å²) in [6.45, 7) is 13.1. The van der Waals surface area contributed by atoms with E-state index in [0.29, 0.717) is 24.5 Å². The zero-order valence-electron chi connectivity index (χ0n) is 24.3. The van der Waals surface area contributed by atoms with Crippen molar-refractivity contribution in [3.8, 4) is 17.2 Å². The smallest absolute Gasteiger partial charge is 0.338 e. The highest BCUT2D eigenvalue weighted by Crippen LogP contribution is 2.31. The van der Waals surface area contributed by atoms with E-state index in [1.54, 1.807) is 12.1 Å². The third-order valence-corrected chi connectivity index (χ3v) is 6.44. The molecule has 5 heteroatoms. The number of carbonyl (C=O) groups is 1. The number of aryl methyl sites for hydroxylation is 3. The van der Waals surface area contributed by atoms with Crippen LogP contribution in [0.5, 0.6) is 17.2 Å². The number of hydrogen-bond donors (Lipinski definition) is 1. The van der Waals surface area contributed by atoms with E-state index in [-0.39, 0.29) is 11.5 Å². The van der Waals surface area contributed by atoms with Gasteiger partial charge in [-0.15, -0.1) is 0 Å². The average Bonchev–Trinajstić information content (AvgIpc) is 2.91. The molecule has 4 rings (SSSR count). The molecule has 0 heterocycles. The summed E-state index contributed by atoms with van der Waals surface area (Å²) < 4.78 is 18.5. The van der Waals surface area contributed by atoms with Gasteiger partial charge in [0.2, 0.25) is 0 Å². The van der Waals surface area contributed by atoms with Crippen LogP contribution in [0.3, 0.4) is 0 Å². The summed E-state index contributed by atoms with van der Waals surface area (Å²) in [5.74, 6) is 1.85. The van der Waals surface area contributed by atoms with E-state index >= 15 is 0 Å². The maximum Gasteiger partial charge on any atom is 0.338 e. The van der Waals surface area contributed by atoms with Gasteiger partial charge in [0.1, 0.15) is 30.0 Å². The first-order chi connectivity index (χ1) is 19.1. The van der Waals surface area contributed by atoms with Gasteiger partial charge in [0, 0.05) is 17.6 Å². The molecule has 0 fully saturated rings. The van der Waals surface area contributed by atoms with Gasteiger partial charge < -0.3 is 19.5 Å². The highest BCUT2D eigenvalue weighted by molar-refractivity contribution is 5.89. The molecule has 0 aliphatic heterocycles. The number of hydrogen-bond acceptors (Lipinski definition) is 5. The van der Waals surface area contributed by atoms with E-state index in [1.165, 1.54) is 5.56 Å². The van der Waals surface area contributed by atoms with Gasteiger partial charge in [0.15, 0.2) is 0 Å². The highest BCUT2D eigenvalue weighted by atomic mass is 16.5. The molecule has 208 valence electrons. The van der Waals surface area contributed by atoms with Crippen LogP contribution < -0.4 is 14.8 Å². The van der Waals surface area contributed by atoms with Gasteiger partial charge in [0.05, 0.1) is 5.56 Å². The topological polar surface area (TPSA) is 56.8 Å². The number of ether oxygens (including phenoxy) is 3. The SMILES string of the molecule is Cc1ccc(OCc2cc(C(CNC(C)(C)C)OC(=O)c3ccc(C)cc3)ccc2Oc2cccc(C)c2)cc1. The minimum atomic E-state index is -0.515. The van der Waals surface area contributed by atoms with Crippen LogP contribution in [0.2, 0.25) is 0 Å². The fourth-order valence-corrected chi connectivity index (χ4v) is 4.13. The Balaban J connectivity index is 1.65. The van der Waals surface area contributed by atoms with Crippen LogP contribution in [0.4, 0.5) is 0 Å². The average molecular weight is 538 g/mol. The van der Waals surface area contributed by atoms with E-state index < -0.39 is 6.10 Å². The zero-order valence-corrected chi connectivity index (χ0v) is 24.3. The first-order valence-electron chi connectivity index (χ1n) is 13.7. The number of carbonyl (C=O) groups excluding carboxylic acids is 1. The van der Waals surface area contributed by atoms with Crippen molar-refractivity contribution in [2.24, 2.45) is 0 Å². The largest absolute Gasteiger partial charge is 0.489 e. The molecule has 0 saturated carbocycles. The molecule has 0 aromatic heterocycles. The van der Waals surface area contributed by atoms with Crippen molar-refractivity contribution in [2.45, 2.75) is 59.8 Å². The van der Waals surface area contributed by atoms with Gasteiger partial charge in [0.25, 0.3) is 0 Å². The predicted octanol–water partition coefficient (Wildman–Crippen LogP) is 8.27. The second-order valence-corrected chi connectivity index (χ2v) is 11.3. The normalized spacial score (nSPS) is 12.1. The summed E-state index contributed by atoms with van der Waals surface area (Å²) >= 11 is 0. The minimum absolute atomic E-state index is 0.153. The number of nitrogens with one attached hydrogen (secondary N) is 1. The maximum absolute atomic E-state index is 13.1. The lowest BCUT2D eigenvalue weighted by Crippen LogP contribution is -2.39. The van der Waals surface area contributed by atoms with Gasteiger partial charge in [-0.2, -0.15) is 0 Å². The van der Waals surface area contributed by atoms with Crippen molar-refractivity contribution in [3.63, 3.8) is 0 Å². The van der Waals surface area contributed by atoms with Crippen molar-refractivity contribution in [2.75, 3.05) is 6.54 Å². The minimum Gasteiger partial charge on any atom is -0.489 e. The van der Waals surface area contributed by atoms with Gasteiger partial charge in [-0.3, -0.25) is 0 Å². The molecule has 1 unspecified atom stereocenters. The fraction of sp³-hybridized carbons (Fsp3) is 0.286. The van der Waals surface area contributed by atoms with Crippen LogP contribution in [0.1, 0.15) is 65.1 Å². The predicted molar refractivity (Wildman–Crippen MR) is 160 cm³/mol. The van der Waals surface area contributed by atoms with E-state index in [9.17, 15) is 4.79 Å². The lowest BCUT2D eigenvalue weighted by atomic mass is 10.0. The molecule has 0 amide bonds. The Labute approximate surface area is 238 Å². The number of esters is 1. The summed E-state index contributed by atoms with van der Waals surface area (Å²) in [6, 6.07) is 29.2. The lowest BCUT2D eigenvalue weighted by Gasteiger charge is -2.26. The molecule has 1 atom stereocenters. The maximum atomic E-state index is 13.1. The van der Waals surface area contributed by atoms with Crippen LogP contribution >= 0.6 is 0 Å². The first kappa shape index (κ1) is 28.9. The first-order valence-corrected chi connectivity index (χ1v) is 13.7. The summed E-state index contributed by atoms with van der Waals surface area (Å²) in [7, 11) is 0. The Morgan fingerprint density at radius 2 is 1.45 bits per heavy atom. The number of benzene rings is 4. The van der Waals surface area contributed by atoms with Crippen LogP contribution in [0.15, 0.2) is 91.0 Å². The molecule has 4 aromatic carbocycles. The summed E-state index contributed by atoms with van der Waals surface area (Å²) in [4.78, 5) is 13.1. The number of rotatable bonds is 10. The molecule has 0 radical (unpaired) electrons. The summed E-state index contributed by atoms with van der Waals surface area (Å²) in [5.41, 5.74) is 5.45. The quantitative estimate of drug-likeness (QED) is 0.206. The van der Waals surface area contributed by atoms with E-state index in [0.717, 1.165) is 33.8 Å². The van der Waals surface area contributed by atoms with Gasteiger partial charge in [-0.1, -0.05) is 53.6 Å². The Morgan fingerprint density at radius 3 is 2.10 bits per heavy atom. The van der Waals surface area contributed by atoms with Gasteiger partial charge >= 0.3 is 5.97 Å². The van der Waals surface area contributed by atoms with Crippen LogP contribution in [0, 0.1) is 20.8 Å². The van der Waals surface area contributed by atoms with Crippen LogP contribution in [0.25, 0.3) is 0 Å². The second-order valence-electron chi connectivity index (χ2n) is 11.3.